The maximum atomic E-state index is 12.8. The Morgan fingerprint density at radius 2 is 1.96 bits per heavy atom. The maximum Gasteiger partial charge on any atom is 0.252 e. The molecule has 2 N–H and O–H groups in total. The fourth-order valence-electron chi connectivity index (χ4n) is 2.45. The second-order valence-electron chi connectivity index (χ2n) is 5.89. The van der Waals surface area contributed by atoms with E-state index in [2.05, 4.69) is 25.5 Å². The zero-order chi connectivity index (χ0) is 17.8. The Bertz CT molecular complexity index is 859. The van der Waals surface area contributed by atoms with Gasteiger partial charge in [0.1, 0.15) is 17.7 Å². The lowest BCUT2D eigenvalue weighted by Gasteiger charge is -2.17. The molecule has 0 bridgehead atoms. The maximum absolute atomic E-state index is 12.8. The van der Waals surface area contributed by atoms with Gasteiger partial charge in [-0.3, -0.25) is 9.89 Å². The van der Waals surface area contributed by atoms with Crippen molar-refractivity contribution < 1.29 is 4.79 Å². The Hall–Kier alpha value is -3.22. The molecule has 0 saturated heterocycles. The Kier molecular flexibility index (Phi) is 4.74. The van der Waals surface area contributed by atoms with Gasteiger partial charge in [0.2, 0.25) is 0 Å². The average Bonchev–Trinajstić information content (AvgIpc) is 3.06. The van der Waals surface area contributed by atoms with Gasteiger partial charge in [-0.05, 0) is 24.6 Å². The first kappa shape index (κ1) is 16.6. The zero-order valence-electron chi connectivity index (χ0n) is 14.4. The van der Waals surface area contributed by atoms with Gasteiger partial charge in [0.15, 0.2) is 5.82 Å². The highest BCUT2D eigenvalue weighted by Crippen LogP contribution is 2.20. The van der Waals surface area contributed by atoms with Gasteiger partial charge in [0, 0.05) is 25.9 Å². The van der Waals surface area contributed by atoms with Gasteiger partial charge in [0.05, 0.1) is 0 Å². The molecule has 0 radical (unpaired) electrons. The van der Waals surface area contributed by atoms with E-state index in [9.17, 15) is 4.79 Å². The number of nitrogens with zero attached hydrogens (tertiary/aromatic N) is 4. The molecule has 1 amide bonds. The Labute approximate surface area is 146 Å². The Balaban J connectivity index is 1.90. The minimum atomic E-state index is -0.436. The minimum absolute atomic E-state index is 0.207. The van der Waals surface area contributed by atoms with Crippen LogP contribution in [0.4, 0.5) is 5.82 Å². The van der Waals surface area contributed by atoms with Gasteiger partial charge in [0.25, 0.3) is 5.91 Å². The van der Waals surface area contributed by atoms with Crippen molar-refractivity contribution in [2.24, 2.45) is 0 Å². The number of hydrogen-bond acceptors (Lipinski definition) is 5. The third-order valence-electron chi connectivity index (χ3n) is 3.75. The number of hydrogen-bond donors (Lipinski definition) is 2. The Morgan fingerprint density at radius 3 is 2.60 bits per heavy atom. The molecule has 0 aliphatic carbocycles. The number of benzene rings is 1. The van der Waals surface area contributed by atoms with Crippen molar-refractivity contribution in [3.05, 3.63) is 71.4 Å². The van der Waals surface area contributed by atoms with Crippen molar-refractivity contribution in [2.45, 2.75) is 13.0 Å². The molecular formula is C18H20N6O. The van der Waals surface area contributed by atoms with Crippen molar-refractivity contribution >= 4 is 11.7 Å². The van der Waals surface area contributed by atoms with E-state index in [0.29, 0.717) is 17.2 Å². The molecular weight excluding hydrogens is 316 g/mol. The number of aromatic amines is 1. The molecule has 0 unspecified atom stereocenters. The summed E-state index contributed by atoms with van der Waals surface area (Å²) in [6.45, 7) is 1.83. The largest absolute Gasteiger partial charge is 0.363 e. The molecule has 128 valence electrons. The number of nitrogens with one attached hydrogen (secondary N) is 2. The van der Waals surface area contributed by atoms with E-state index in [-0.39, 0.29) is 5.91 Å². The van der Waals surface area contributed by atoms with Crippen LogP contribution >= 0.6 is 0 Å². The first-order valence-electron chi connectivity index (χ1n) is 7.92. The lowest BCUT2D eigenvalue weighted by atomic mass is 10.1. The normalized spacial score (nSPS) is 11.8. The lowest BCUT2D eigenvalue weighted by Crippen LogP contribution is -2.30. The summed E-state index contributed by atoms with van der Waals surface area (Å²) in [5.74, 6) is 1.74. The van der Waals surface area contributed by atoms with Crippen LogP contribution in [0.5, 0.6) is 0 Å². The van der Waals surface area contributed by atoms with Crippen LogP contribution in [0.3, 0.4) is 0 Å². The monoisotopic (exact) mass is 336 g/mol. The van der Waals surface area contributed by atoms with Crippen LogP contribution in [-0.2, 0) is 0 Å². The molecule has 1 aromatic carbocycles. The fourth-order valence-corrected chi connectivity index (χ4v) is 2.45. The summed E-state index contributed by atoms with van der Waals surface area (Å²) in [7, 11) is 3.76. The molecule has 0 aliphatic rings. The summed E-state index contributed by atoms with van der Waals surface area (Å²) in [6.07, 6.45) is 1.62. The predicted octanol–water partition coefficient (Wildman–Crippen LogP) is 2.09. The number of carbonyl (C=O) groups is 1. The fraction of sp³-hybridized carbons (Fsp3) is 0.222. The number of aromatic nitrogens is 4. The van der Waals surface area contributed by atoms with Crippen LogP contribution in [-0.4, -0.2) is 40.2 Å². The van der Waals surface area contributed by atoms with Crippen LogP contribution in [0.2, 0.25) is 0 Å². The number of amides is 1. The van der Waals surface area contributed by atoms with Gasteiger partial charge >= 0.3 is 0 Å². The van der Waals surface area contributed by atoms with E-state index in [1.807, 2.05) is 56.3 Å². The third-order valence-corrected chi connectivity index (χ3v) is 3.75. The number of anilines is 1. The van der Waals surface area contributed by atoms with E-state index in [1.54, 1.807) is 18.3 Å². The van der Waals surface area contributed by atoms with Crippen LogP contribution < -0.4 is 10.2 Å². The summed E-state index contributed by atoms with van der Waals surface area (Å²) < 4.78 is 0. The average molecular weight is 336 g/mol. The van der Waals surface area contributed by atoms with E-state index in [4.69, 9.17) is 0 Å². The lowest BCUT2D eigenvalue weighted by molar-refractivity contribution is 0.0941. The molecule has 0 saturated carbocycles. The van der Waals surface area contributed by atoms with E-state index >= 15 is 0 Å². The number of pyridine rings is 1. The van der Waals surface area contributed by atoms with Crippen LogP contribution in [0.1, 0.15) is 33.6 Å². The second kappa shape index (κ2) is 7.12. The number of aryl methyl sites for hydroxylation is 1. The van der Waals surface area contributed by atoms with Crippen molar-refractivity contribution in [1.82, 2.24) is 25.5 Å². The first-order valence-corrected chi connectivity index (χ1v) is 7.92. The number of H-pyrrole nitrogens is 1. The van der Waals surface area contributed by atoms with E-state index in [1.165, 1.54) is 0 Å². The molecule has 0 spiro atoms. The first-order chi connectivity index (χ1) is 12.0. The molecule has 25 heavy (non-hydrogen) atoms. The van der Waals surface area contributed by atoms with E-state index < -0.39 is 6.04 Å². The molecule has 0 aliphatic heterocycles. The molecule has 7 heteroatoms. The summed E-state index contributed by atoms with van der Waals surface area (Å²) >= 11 is 0. The SMILES string of the molecule is Cc1nc([C@H](NC(=O)c2ccnc(N(C)C)c2)c2ccccc2)n[nH]1. The van der Waals surface area contributed by atoms with Crippen molar-refractivity contribution in [3.8, 4) is 0 Å². The quantitative estimate of drug-likeness (QED) is 0.745. The number of rotatable bonds is 5. The summed E-state index contributed by atoms with van der Waals surface area (Å²) in [5.41, 5.74) is 1.45. The minimum Gasteiger partial charge on any atom is -0.363 e. The molecule has 3 rings (SSSR count). The third kappa shape index (κ3) is 3.82. The molecule has 7 nitrogen and oxygen atoms in total. The molecule has 3 aromatic rings. The highest BCUT2D eigenvalue weighted by atomic mass is 16.1. The van der Waals surface area contributed by atoms with Crippen LogP contribution in [0, 0.1) is 6.92 Å². The van der Waals surface area contributed by atoms with Gasteiger partial charge < -0.3 is 10.2 Å². The van der Waals surface area contributed by atoms with Gasteiger partial charge in [-0.1, -0.05) is 30.3 Å². The summed E-state index contributed by atoms with van der Waals surface area (Å²) in [4.78, 5) is 23.2. The zero-order valence-corrected chi connectivity index (χ0v) is 14.4. The number of carbonyl (C=O) groups excluding carboxylic acids is 1. The van der Waals surface area contributed by atoms with Gasteiger partial charge in [-0.15, -0.1) is 0 Å². The highest BCUT2D eigenvalue weighted by Gasteiger charge is 2.21. The molecule has 2 heterocycles. The summed E-state index contributed by atoms with van der Waals surface area (Å²) in [6, 6.07) is 12.7. The molecule has 1 atom stereocenters. The smallest absolute Gasteiger partial charge is 0.252 e. The summed E-state index contributed by atoms with van der Waals surface area (Å²) in [5, 5.41) is 10.1. The van der Waals surface area contributed by atoms with Crippen LogP contribution in [0.15, 0.2) is 48.7 Å². The van der Waals surface area contributed by atoms with E-state index in [0.717, 1.165) is 11.4 Å². The molecule has 0 fully saturated rings. The van der Waals surface area contributed by atoms with Crippen molar-refractivity contribution in [2.75, 3.05) is 19.0 Å². The van der Waals surface area contributed by atoms with Crippen LogP contribution in [0.25, 0.3) is 0 Å². The highest BCUT2D eigenvalue weighted by molar-refractivity contribution is 5.95. The second-order valence-corrected chi connectivity index (χ2v) is 5.89. The predicted molar refractivity (Wildman–Crippen MR) is 95.4 cm³/mol. The molecule has 2 aromatic heterocycles. The standard InChI is InChI=1S/C18H20N6O/c1-12-20-17(23-22-12)16(13-7-5-4-6-8-13)21-18(25)14-9-10-19-15(11-14)24(2)3/h4-11,16H,1-3H3,(H,21,25)(H,20,22,23)/t16-/m1/s1. The van der Waals surface area contributed by atoms with Gasteiger partial charge in [-0.2, -0.15) is 5.10 Å². The van der Waals surface area contributed by atoms with Gasteiger partial charge in [-0.25, -0.2) is 9.97 Å². The van der Waals surface area contributed by atoms with Crippen molar-refractivity contribution in [3.63, 3.8) is 0 Å². The topological polar surface area (TPSA) is 86.8 Å². The Morgan fingerprint density at radius 1 is 1.20 bits per heavy atom. The van der Waals surface area contributed by atoms with Crippen molar-refractivity contribution in [1.29, 1.82) is 0 Å².